The van der Waals surface area contributed by atoms with Crippen molar-refractivity contribution in [2.45, 2.75) is 44.6 Å². The zero-order valence-corrected chi connectivity index (χ0v) is 7.60. The van der Waals surface area contributed by atoms with Gasteiger partial charge in [0, 0.05) is 5.54 Å². The van der Waals surface area contributed by atoms with E-state index in [9.17, 15) is 4.79 Å². The minimum absolute atomic E-state index is 0.0575. The van der Waals surface area contributed by atoms with Crippen LogP contribution in [0.4, 0.5) is 0 Å². The zero-order chi connectivity index (χ0) is 9.03. The Morgan fingerprint density at radius 1 is 1.42 bits per heavy atom. The first kappa shape index (κ1) is 9.52. The number of nitrogens with one attached hydrogen (secondary N) is 1. The molecule has 1 rings (SSSR count). The van der Waals surface area contributed by atoms with Crippen molar-refractivity contribution in [2.24, 2.45) is 0 Å². The lowest BCUT2D eigenvalue weighted by Crippen LogP contribution is -2.48. The van der Waals surface area contributed by atoms with Gasteiger partial charge in [0.25, 0.3) is 0 Å². The van der Waals surface area contributed by atoms with E-state index in [1.165, 1.54) is 19.3 Å². The summed E-state index contributed by atoms with van der Waals surface area (Å²) in [5, 5.41) is 11.4. The first-order chi connectivity index (χ1) is 5.66. The van der Waals surface area contributed by atoms with Crippen LogP contribution in [0.5, 0.6) is 0 Å². The number of aliphatic hydroxyl groups excluding tert-OH is 1. The highest BCUT2D eigenvalue weighted by Gasteiger charge is 2.27. The van der Waals surface area contributed by atoms with Gasteiger partial charge in [0.15, 0.2) is 0 Å². The van der Waals surface area contributed by atoms with Crippen LogP contribution in [-0.2, 0) is 4.79 Å². The van der Waals surface area contributed by atoms with Crippen molar-refractivity contribution in [1.29, 1.82) is 0 Å². The van der Waals surface area contributed by atoms with Crippen LogP contribution in [0.3, 0.4) is 0 Å². The fourth-order valence-electron chi connectivity index (χ4n) is 1.83. The van der Waals surface area contributed by atoms with E-state index in [4.69, 9.17) is 5.11 Å². The topological polar surface area (TPSA) is 49.3 Å². The summed E-state index contributed by atoms with van der Waals surface area (Å²) in [5.74, 6) is -0.251. The molecule has 0 saturated heterocycles. The number of rotatable bonds is 2. The van der Waals surface area contributed by atoms with Crippen molar-refractivity contribution in [3.63, 3.8) is 0 Å². The molecule has 1 saturated carbocycles. The molecule has 0 aromatic heterocycles. The number of hydrogen-bond donors (Lipinski definition) is 2. The summed E-state index contributed by atoms with van der Waals surface area (Å²) in [6.45, 7) is 1.66. The maximum Gasteiger partial charge on any atom is 0.246 e. The molecule has 3 nitrogen and oxygen atoms in total. The third kappa shape index (κ3) is 2.48. The fraction of sp³-hybridized carbons (Fsp3) is 0.889. The molecule has 0 heterocycles. The van der Waals surface area contributed by atoms with Crippen molar-refractivity contribution in [3.05, 3.63) is 0 Å². The molecule has 0 atom stereocenters. The Hall–Kier alpha value is -0.570. The summed E-state index contributed by atoms with van der Waals surface area (Å²) >= 11 is 0. The van der Waals surface area contributed by atoms with Gasteiger partial charge in [-0.05, 0) is 19.8 Å². The number of aliphatic hydroxyl groups is 1. The molecule has 1 fully saturated rings. The largest absolute Gasteiger partial charge is 0.387 e. The number of hydrogen-bond acceptors (Lipinski definition) is 2. The van der Waals surface area contributed by atoms with E-state index in [-0.39, 0.29) is 11.4 Å². The molecule has 0 aromatic carbocycles. The van der Waals surface area contributed by atoms with Gasteiger partial charge < -0.3 is 10.4 Å². The summed E-state index contributed by atoms with van der Waals surface area (Å²) in [7, 11) is 0. The van der Waals surface area contributed by atoms with E-state index < -0.39 is 6.61 Å². The SMILES string of the molecule is CC1(NC(=O)CO)CCCCC1. The van der Waals surface area contributed by atoms with Gasteiger partial charge in [-0.1, -0.05) is 19.3 Å². The van der Waals surface area contributed by atoms with Crippen LogP contribution in [0, 0.1) is 0 Å². The van der Waals surface area contributed by atoms with E-state index in [1.807, 2.05) is 0 Å². The van der Waals surface area contributed by atoms with Crippen LogP contribution < -0.4 is 5.32 Å². The Balaban J connectivity index is 2.41. The van der Waals surface area contributed by atoms with Crippen LogP contribution in [0.1, 0.15) is 39.0 Å². The first-order valence-electron chi connectivity index (χ1n) is 4.58. The lowest BCUT2D eigenvalue weighted by Gasteiger charge is -2.34. The van der Waals surface area contributed by atoms with Crippen molar-refractivity contribution < 1.29 is 9.90 Å². The molecular weight excluding hydrogens is 154 g/mol. The molecule has 0 unspecified atom stereocenters. The quantitative estimate of drug-likeness (QED) is 0.646. The zero-order valence-electron chi connectivity index (χ0n) is 7.60. The molecule has 12 heavy (non-hydrogen) atoms. The molecule has 70 valence electrons. The monoisotopic (exact) mass is 171 g/mol. The smallest absolute Gasteiger partial charge is 0.246 e. The molecular formula is C9H17NO2. The van der Waals surface area contributed by atoms with Gasteiger partial charge in [-0.25, -0.2) is 0 Å². The summed E-state index contributed by atoms with van der Waals surface area (Å²) in [6, 6.07) is 0. The summed E-state index contributed by atoms with van der Waals surface area (Å²) in [4.78, 5) is 10.9. The second kappa shape index (κ2) is 3.90. The summed E-state index contributed by atoms with van der Waals surface area (Å²) < 4.78 is 0. The van der Waals surface area contributed by atoms with Crippen molar-refractivity contribution in [3.8, 4) is 0 Å². The molecule has 0 spiro atoms. The Labute approximate surface area is 73.2 Å². The Morgan fingerprint density at radius 3 is 2.50 bits per heavy atom. The van der Waals surface area contributed by atoms with Gasteiger partial charge in [0.1, 0.15) is 6.61 Å². The van der Waals surface area contributed by atoms with Gasteiger partial charge in [-0.2, -0.15) is 0 Å². The molecule has 2 N–H and O–H groups in total. The Morgan fingerprint density at radius 2 is 2.00 bits per heavy atom. The van der Waals surface area contributed by atoms with Gasteiger partial charge in [-0.15, -0.1) is 0 Å². The predicted octanol–water partition coefficient (Wildman–Crippen LogP) is 0.818. The van der Waals surface area contributed by atoms with Crippen LogP contribution in [-0.4, -0.2) is 23.2 Å². The number of carbonyl (C=O) groups is 1. The molecule has 0 aromatic rings. The predicted molar refractivity (Wildman–Crippen MR) is 46.7 cm³/mol. The third-order valence-corrected chi connectivity index (χ3v) is 2.54. The van der Waals surface area contributed by atoms with Gasteiger partial charge in [0.05, 0.1) is 0 Å². The van der Waals surface area contributed by atoms with Gasteiger partial charge in [0.2, 0.25) is 5.91 Å². The molecule has 1 amide bonds. The maximum absolute atomic E-state index is 10.9. The average molecular weight is 171 g/mol. The summed E-state index contributed by atoms with van der Waals surface area (Å²) in [6.07, 6.45) is 5.71. The van der Waals surface area contributed by atoms with Crippen molar-refractivity contribution in [2.75, 3.05) is 6.61 Å². The molecule has 0 bridgehead atoms. The van der Waals surface area contributed by atoms with E-state index in [0.717, 1.165) is 12.8 Å². The highest BCUT2D eigenvalue weighted by Crippen LogP contribution is 2.27. The second-order valence-electron chi connectivity index (χ2n) is 3.83. The van der Waals surface area contributed by atoms with Crippen molar-refractivity contribution in [1.82, 2.24) is 5.32 Å². The summed E-state index contributed by atoms with van der Waals surface area (Å²) in [5.41, 5.74) is -0.0575. The number of carbonyl (C=O) groups excluding carboxylic acids is 1. The Kier molecular flexibility index (Phi) is 3.09. The molecule has 3 heteroatoms. The lowest BCUT2D eigenvalue weighted by molar-refractivity contribution is -0.126. The number of amides is 1. The minimum atomic E-state index is -0.393. The standard InChI is InChI=1S/C9H17NO2/c1-9(10-8(12)7-11)5-3-2-4-6-9/h11H,2-7H2,1H3,(H,10,12). The van der Waals surface area contributed by atoms with Gasteiger partial charge in [-0.3, -0.25) is 4.79 Å². The Bertz CT molecular complexity index is 162. The van der Waals surface area contributed by atoms with Crippen LogP contribution in [0.25, 0.3) is 0 Å². The molecule has 1 aliphatic carbocycles. The normalized spacial score (nSPS) is 21.8. The van der Waals surface area contributed by atoms with Crippen LogP contribution in [0.15, 0.2) is 0 Å². The van der Waals surface area contributed by atoms with Gasteiger partial charge >= 0.3 is 0 Å². The first-order valence-corrected chi connectivity index (χ1v) is 4.58. The highest BCUT2D eigenvalue weighted by molar-refractivity contribution is 5.77. The van der Waals surface area contributed by atoms with E-state index >= 15 is 0 Å². The van der Waals surface area contributed by atoms with E-state index in [2.05, 4.69) is 12.2 Å². The van der Waals surface area contributed by atoms with Crippen LogP contribution >= 0.6 is 0 Å². The highest BCUT2D eigenvalue weighted by atomic mass is 16.3. The molecule has 1 aliphatic rings. The second-order valence-corrected chi connectivity index (χ2v) is 3.83. The fourth-order valence-corrected chi connectivity index (χ4v) is 1.83. The van der Waals surface area contributed by atoms with Crippen molar-refractivity contribution >= 4 is 5.91 Å². The molecule has 0 aliphatic heterocycles. The average Bonchev–Trinajstić information content (AvgIpc) is 2.05. The maximum atomic E-state index is 10.9. The molecule has 0 radical (unpaired) electrons. The minimum Gasteiger partial charge on any atom is -0.387 e. The van der Waals surface area contributed by atoms with E-state index in [0.29, 0.717) is 0 Å². The third-order valence-electron chi connectivity index (χ3n) is 2.54. The van der Waals surface area contributed by atoms with Crippen LogP contribution in [0.2, 0.25) is 0 Å². The van der Waals surface area contributed by atoms with E-state index in [1.54, 1.807) is 0 Å². The lowest BCUT2D eigenvalue weighted by atomic mass is 9.83.